The van der Waals surface area contributed by atoms with Crippen molar-refractivity contribution in [2.45, 2.75) is 38.6 Å². The third-order valence-electron chi connectivity index (χ3n) is 2.54. The van der Waals surface area contributed by atoms with Gasteiger partial charge in [0.1, 0.15) is 0 Å². The van der Waals surface area contributed by atoms with Gasteiger partial charge in [0.25, 0.3) is 0 Å². The van der Waals surface area contributed by atoms with Crippen LogP contribution < -0.4 is 5.73 Å². The SMILES string of the molecule is CCCOCCC(N)CCc1cnn(C)c1. The normalized spacial score (nSPS) is 12.9. The number of hydrogen-bond donors (Lipinski definition) is 1. The van der Waals surface area contributed by atoms with Crippen LogP contribution in [0.25, 0.3) is 0 Å². The molecule has 0 aliphatic heterocycles. The fourth-order valence-corrected chi connectivity index (χ4v) is 1.58. The molecule has 0 aromatic carbocycles. The summed E-state index contributed by atoms with van der Waals surface area (Å²) in [5, 5.41) is 4.13. The van der Waals surface area contributed by atoms with Crippen LogP contribution in [0.2, 0.25) is 0 Å². The summed E-state index contributed by atoms with van der Waals surface area (Å²) in [5.74, 6) is 0. The molecule has 1 aromatic rings. The maximum absolute atomic E-state index is 6.00. The van der Waals surface area contributed by atoms with E-state index in [-0.39, 0.29) is 6.04 Å². The van der Waals surface area contributed by atoms with E-state index < -0.39 is 0 Å². The van der Waals surface area contributed by atoms with Crippen LogP contribution in [-0.2, 0) is 18.2 Å². The Kier molecular flexibility index (Phi) is 6.11. The molecule has 0 fully saturated rings. The first-order valence-corrected chi connectivity index (χ1v) is 6.03. The van der Waals surface area contributed by atoms with E-state index in [1.165, 1.54) is 5.56 Å². The number of aromatic nitrogens is 2. The van der Waals surface area contributed by atoms with Crippen molar-refractivity contribution in [2.75, 3.05) is 13.2 Å². The molecule has 1 heterocycles. The predicted molar refractivity (Wildman–Crippen MR) is 65.2 cm³/mol. The zero-order chi connectivity index (χ0) is 11.8. The molecule has 0 saturated heterocycles. The van der Waals surface area contributed by atoms with Crippen LogP contribution in [0.1, 0.15) is 31.7 Å². The summed E-state index contributed by atoms with van der Waals surface area (Å²) < 4.78 is 7.24. The van der Waals surface area contributed by atoms with Crippen molar-refractivity contribution in [3.05, 3.63) is 18.0 Å². The summed E-state index contributed by atoms with van der Waals surface area (Å²) >= 11 is 0. The van der Waals surface area contributed by atoms with Gasteiger partial charge in [-0.05, 0) is 31.2 Å². The van der Waals surface area contributed by atoms with Crippen LogP contribution in [-0.4, -0.2) is 29.0 Å². The van der Waals surface area contributed by atoms with Crippen molar-refractivity contribution in [1.82, 2.24) is 9.78 Å². The van der Waals surface area contributed by atoms with Crippen molar-refractivity contribution >= 4 is 0 Å². The molecule has 2 N–H and O–H groups in total. The second-order valence-electron chi connectivity index (χ2n) is 4.22. The predicted octanol–water partition coefficient (Wildman–Crippen LogP) is 1.50. The van der Waals surface area contributed by atoms with E-state index in [2.05, 4.69) is 12.0 Å². The highest BCUT2D eigenvalue weighted by atomic mass is 16.5. The Bertz CT molecular complexity index is 286. The van der Waals surface area contributed by atoms with Crippen LogP contribution in [0.4, 0.5) is 0 Å². The molecule has 0 saturated carbocycles. The Morgan fingerprint density at radius 1 is 1.44 bits per heavy atom. The summed E-state index contributed by atoms with van der Waals surface area (Å²) in [7, 11) is 1.93. The maximum atomic E-state index is 6.00. The monoisotopic (exact) mass is 225 g/mol. The van der Waals surface area contributed by atoms with Crippen LogP contribution in [0.5, 0.6) is 0 Å². The molecule has 0 amide bonds. The summed E-state index contributed by atoms with van der Waals surface area (Å²) in [6.07, 6.45) is 7.97. The molecule has 1 atom stereocenters. The summed E-state index contributed by atoms with van der Waals surface area (Å²) in [6, 6.07) is 0.233. The Morgan fingerprint density at radius 3 is 2.88 bits per heavy atom. The van der Waals surface area contributed by atoms with Crippen LogP contribution in [0.3, 0.4) is 0 Å². The molecule has 16 heavy (non-hydrogen) atoms. The van der Waals surface area contributed by atoms with Crippen LogP contribution in [0, 0.1) is 0 Å². The van der Waals surface area contributed by atoms with Crippen molar-refractivity contribution < 1.29 is 4.74 Å². The smallest absolute Gasteiger partial charge is 0.0521 e. The topological polar surface area (TPSA) is 53.1 Å². The van der Waals surface area contributed by atoms with Gasteiger partial charge >= 0.3 is 0 Å². The number of nitrogens with zero attached hydrogens (tertiary/aromatic N) is 2. The van der Waals surface area contributed by atoms with Gasteiger partial charge in [-0.2, -0.15) is 5.10 Å². The molecule has 1 rings (SSSR count). The third kappa shape index (κ3) is 5.28. The molecular formula is C12H23N3O. The number of ether oxygens (including phenoxy) is 1. The minimum absolute atomic E-state index is 0.233. The molecule has 0 bridgehead atoms. The van der Waals surface area contributed by atoms with E-state index in [1.54, 1.807) is 0 Å². The first-order chi connectivity index (χ1) is 7.72. The van der Waals surface area contributed by atoms with Gasteiger partial charge in [-0.1, -0.05) is 6.92 Å². The summed E-state index contributed by atoms with van der Waals surface area (Å²) in [4.78, 5) is 0. The van der Waals surface area contributed by atoms with E-state index in [1.807, 2.05) is 24.1 Å². The average molecular weight is 225 g/mol. The fraction of sp³-hybridized carbons (Fsp3) is 0.750. The molecule has 4 nitrogen and oxygen atoms in total. The minimum Gasteiger partial charge on any atom is -0.381 e. The zero-order valence-corrected chi connectivity index (χ0v) is 10.4. The Labute approximate surface area is 97.8 Å². The molecular weight excluding hydrogens is 202 g/mol. The first kappa shape index (κ1) is 13.2. The van der Waals surface area contributed by atoms with Gasteiger partial charge in [0.2, 0.25) is 0 Å². The van der Waals surface area contributed by atoms with E-state index in [4.69, 9.17) is 10.5 Å². The Balaban J connectivity index is 2.08. The Hall–Kier alpha value is -0.870. The molecule has 0 aliphatic rings. The second kappa shape index (κ2) is 7.41. The maximum Gasteiger partial charge on any atom is 0.0521 e. The van der Waals surface area contributed by atoms with E-state index in [0.29, 0.717) is 0 Å². The van der Waals surface area contributed by atoms with Gasteiger partial charge in [-0.25, -0.2) is 0 Å². The van der Waals surface area contributed by atoms with Gasteiger partial charge in [0.05, 0.1) is 6.20 Å². The van der Waals surface area contributed by atoms with Crippen molar-refractivity contribution in [1.29, 1.82) is 0 Å². The van der Waals surface area contributed by atoms with Gasteiger partial charge < -0.3 is 10.5 Å². The highest BCUT2D eigenvalue weighted by Crippen LogP contribution is 2.05. The van der Waals surface area contributed by atoms with Gasteiger partial charge in [-0.15, -0.1) is 0 Å². The highest BCUT2D eigenvalue weighted by molar-refractivity contribution is 5.03. The standard InChI is InChI=1S/C12H23N3O/c1-3-7-16-8-6-12(13)5-4-11-9-14-15(2)10-11/h9-10,12H,3-8,13H2,1-2H3. The molecule has 1 unspecified atom stereocenters. The summed E-state index contributed by atoms with van der Waals surface area (Å²) in [5.41, 5.74) is 7.26. The van der Waals surface area contributed by atoms with Gasteiger partial charge in [0, 0.05) is 32.5 Å². The molecule has 4 heteroatoms. The number of rotatable bonds is 8. The van der Waals surface area contributed by atoms with Crippen molar-refractivity contribution in [3.8, 4) is 0 Å². The minimum atomic E-state index is 0.233. The third-order valence-corrected chi connectivity index (χ3v) is 2.54. The number of aryl methyl sites for hydroxylation is 2. The van der Waals surface area contributed by atoms with E-state index in [0.717, 1.165) is 38.9 Å². The average Bonchev–Trinajstić information content (AvgIpc) is 2.68. The largest absolute Gasteiger partial charge is 0.381 e. The van der Waals surface area contributed by atoms with Crippen LogP contribution >= 0.6 is 0 Å². The van der Waals surface area contributed by atoms with Gasteiger partial charge in [0.15, 0.2) is 0 Å². The Morgan fingerprint density at radius 2 is 2.25 bits per heavy atom. The lowest BCUT2D eigenvalue weighted by atomic mass is 10.1. The van der Waals surface area contributed by atoms with E-state index >= 15 is 0 Å². The molecule has 92 valence electrons. The lowest BCUT2D eigenvalue weighted by Gasteiger charge is -2.10. The molecule has 1 aromatic heterocycles. The number of nitrogens with two attached hydrogens (primary N) is 1. The molecule has 0 aliphatic carbocycles. The van der Waals surface area contributed by atoms with Crippen molar-refractivity contribution in [2.24, 2.45) is 12.8 Å². The van der Waals surface area contributed by atoms with E-state index in [9.17, 15) is 0 Å². The lowest BCUT2D eigenvalue weighted by Crippen LogP contribution is -2.22. The zero-order valence-electron chi connectivity index (χ0n) is 10.4. The molecule has 0 spiro atoms. The van der Waals surface area contributed by atoms with Crippen LogP contribution in [0.15, 0.2) is 12.4 Å². The summed E-state index contributed by atoms with van der Waals surface area (Å²) in [6.45, 7) is 3.74. The molecule has 0 radical (unpaired) electrons. The first-order valence-electron chi connectivity index (χ1n) is 6.03. The highest BCUT2D eigenvalue weighted by Gasteiger charge is 2.04. The van der Waals surface area contributed by atoms with Gasteiger partial charge in [-0.3, -0.25) is 4.68 Å². The fourth-order valence-electron chi connectivity index (χ4n) is 1.58. The second-order valence-corrected chi connectivity index (χ2v) is 4.22. The van der Waals surface area contributed by atoms with Crippen molar-refractivity contribution in [3.63, 3.8) is 0 Å². The number of hydrogen-bond acceptors (Lipinski definition) is 3. The quantitative estimate of drug-likeness (QED) is 0.682. The lowest BCUT2D eigenvalue weighted by molar-refractivity contribution is 0.127.